The van der Waals surface area contributed by atoms with Crippen LogP contribution >= 0.6 is 0 Å². The predicted octanol–water partition coefficient (Wildman–Crippen LogP) is 2.10. The maximum atomic E-state index is 12.1. The molecular formula is C15H23N3O3. The molecular weight excluding hydrogens is 270 g/mol. The SMILES string of the molecule is CCC(CCNC(=O)c1cc(C)nnc1C)CCC(=O)O. The zero-order valence-electron chi connectivity index (χ0n) is 12.8. The molecule has 0 aliphatic rings. The molecule has 0 aliphatic heterocycles. The number of nitrogens with one attached hydrogen (secondary N) is 1. The van der Waals surface area contributed by atoms with Gasteiger partial charge in [0.1, 0.15) is 0 Å². The Labute approximate surface area is 125 Å². The molecule has 0 saturated carbocycles. The third-order valence-corrected chi connectivity index (χ3v) is 3.53. The smallest absolute Gasteiger partial charge is 0.303 e. The molecule has 1 heterocycles. The Balaban J connectivity index is 2.45. The molecule has 0 aromatic carbocycles. The first-order valence-corrected chi connectivity index (χ1v) is 7.25. The molecule has 0 spiro atoms. The lowest BCUT2D eigenvalue weighted by Gasteiger charge is -2.14. The van der Waals surface area contributed by atoms with Gasteiger partial charge >= 0.3 is 5.97 Å². The summed E-state index contributed by atoms with van der Waals surface area (Å²) in [6.07, 6.45) is 2.53. The van der Waals surface area contributed by atoms with E-state index in [1.54, 1.807) is 19.9 Å². The minimum atomic E-state index is -0.772. The van der Waals surface area contributed by atoms with Crippen molar-refractivity contribution in [2.75, 3.05) is 6.54 Å². The largest absolute Gasteiger partial charge is 0.481 e. The predicted molar refractivity (Wildman–Crippen MR) is 79.1 cm³/mol. The monoisotopic (exact) mass is 293 g/mol. The topological polar surface area (TPSA) is 92.2 Å². The van der Waals surface area contributed by atoms with E-state index < -0.39 is 5.97 Å². The molecule has 0 fully saturated rings. The van der Waals surface area contributed by atoms with Gasteiger partial charge < -0.3 is 10.4 Å². The standard InChI is InChI=1S/C15H23N3O3/c1-4-12(5-6-14(19)20)7-8-16-15(21)13-9-10(2)17-18-11(13)3/h9,12H,4-8H2,1-3H3,(H,16,21)(H,19,20). The van der Waals surface area contributed by atoms with Crippen molar-refractivity contribution in [2.45, 2.75) is 46.5 Å². The fraction of sp³-hybridized carbons (Fsp3) is 0.600. The Kier molecular flexibility index (Phi) is 6.78. The van der Waals surface area contributed by atoms with Crippen LogP contribution in [0, 0.1) is 19.8 Å². The molecule has 1 rings (SSSR count). The van der Waals surface area contributed by atoms with Crippen LogP contribution in [-0.4, -0.2) is 33.7 Å². The molecule has 1 aromatic rings. The highest BCUT2D eigenvalue weighted by Gasteiger charge is 2.13. The number of hydrogen-bond acceptors (Lipinski definition) is 4. The minimum absolute atomic E-state index is 0.154. The third kappa shape index (κ3) is 5.89. The van der Waals surface area contributed by atoms with E-state index in [4.69, 9.17) is 5.11 Å². The van der Waals surface area contributed by atoms with E-state index in [9.17, 15) is 9.59 Å². The highest BCUT2D eigenvalue weighted by molar-refractivity contribution is 5.95. The molecule has 1 unspecified atom stereocenters. The van der Waals surface area contributed by atoms with Crippen molar-refractivity contribution in [1.82, 2.24) is 15.5 Å². The lowest BCUT2D eigenvalue weighted by Crippen LogP contribution is -2.27. The molecule has 1 aromatic heterocycles. The Hall–Kier alpha value is -1.98. The number of hydrogen-bond donors (Lipinski definition) is 2. The Morgan fingerprint density at radius 2 is 2.00 bits per heavy atom. The third-order valence-electron chi connectivity index (χ3n) is 3.53. The van der Waals surface area contributed by atoms with Gasteiger partial charge in [0.15, 0.2) is 0 Å². The number of carbonyl (C=O) groups excluding carboxylic acids is 1. The zero-order valence-corrected chi connectivity index (χ0v) is 12.8. The summed E-state index contributed by atoms with van der Waals surface area (Å²) in [5, 5.41) is 19.4. The molecule has 2 N–H and O–H groups in total. The van der Waals surface area contributed by atoms with Crippen LogP contribution in [0.4, 0.5) is 0 Å². The number of amides is 1. The first-order chi connectivity index (χ1) is 9.93. The van der Waals surface area contributed by atoms with E-state index in [-0.39, 0.29) is 12.3 Å². The minimum Gasteiger partial charge on any atom is -0.481 e. The van der Waals surface area contributed by atoms with Crippen LogP contribution in [0.2, 0.25) is 0 Å². The molecule has 6 nitrogen and oxygen atoms in total. The zero-order chi connectivity index (χ0) is 15.8. The number of aromatic nitrogens is 2. The van der Waals surface area contributed by atoms with Gasteiger partial charge in [0.2, 0.25) is 0 Å². The summed E-state index contributed by atoms with van der Waals surface area (Å²) < 4.78 is 0. The van der Waals surface area contributed by atoms with E-state index in [2.05, 4.69) is 15.5 Å². The van der Waals surface area contributed by atoms with Crippen LogP contribution in [0.15, 0.2) is 6.07 Å². The van der Waals surface area contributed by atoms with Gasteiger partial charge in [-0.25, -0.2) is 0 Å². The van der Waals surface area contributed by atoms with Gasteiger partial charge in [0.25, 0.3) is 5.91 Å². The van der Waals surface area contributed by atoms with E-state index in [0.717, 1.165) is 12.8 Å². The lowest BCUT2D eigenvalue weighted by atomic mass is 9.96. The van der Waals surface area contributed by atoms with Crippen LogP contribution in [0.1, 0.15) is 54.4 Å². The molecule has 1 amide bonds. The number of aliphatic carboxylic acids is 1. The molecule has 0 bridgehead atoms. The van der Waals surface area contributed by atoms with Crippen LogP contribution < -0.4 is 5.32 Å². The summed E-state index contributed by atoms with van der Waals surface area (Å²) >= 11 is 0. The van der Waals surface area contributed by atoms with Crippen molar-refractivity contribution in [3.05, 3.63) is 23.0 Å². The highest BCUT2D eigenvalue weighted by Crippen LogP contribution is 2.15. The summed E-state index contributed by atoms with van der Waals surface area (Å²) in [6, 6.07) is 1.72. The van der Waals surface area contributed by atoms with Crippen LogP contribution in [0.25, 0.3) is 0 Å². The quantitative estimate of drug-likeness (QED) is 0.765. The summed E-state index contributed by atoms with van der Waals surface area (Å²) in [7, 11) is 0. The van der Waals surface area contributed by atoms with Gasteiger partial charge in [0.05, 0.1) is 17.0 Å². The van der Waals surface area contributed by atoms with Crippen molar-refractivity contribution >= 4 is 11.9 Å². The fourth-order valence-electron chi connectivity index (χ4n) is 2.15. The van der Waals surface area contributed by atoms with Crippen molar-refractivity contribution in [3.63, 3.8) is 0 Å². The summed E-state index contributed by atoms with van der Waals surface area (Å²) in [5.74, 6) is -0.607. The van der Waals surface area contributed by atoms with Crippen molar-refractivity contribution in [3.8, 4) is 0 Å². The first-order valence-electron chi connectivity index (χ1n) is 7.25. The van der Waals surface area contributed by atoms with Crippen molar-refractivity contribution in [2.24, 2.45) is 5.92 Å². The summed E-state index contributed by atoms with van der Waals surface area (Å²) in [6.45, 7) is 6.12. The number of carboxylic acids is 1. The number of rotatable bonds is 8. The maximum absolute atomic E-state index is 12.1. The second kappa shape index (κ2) is 8.34. The average Bonchev–Trinajstić information content (AvgIpc) is 2.44. The van der Waals surface area contributed by atoms with E-state index in [0.29, 0.717) is 35.8 Å². The second-order valence-electron chi connectivity index (χ2n) is 5.24. The van der Waals surface area contributed by atoms with E-state index in [1.807, 2.05) is 6.92 Å². The molecule has 6 heteroatoms. The molecule has 0 radical (unpaired) electrons. The van der Waals surface area contributed by atoms with E-state index >= 15 is 0 Å². The van der Waals surface area contributed by atoms with Crippen molar-refractivity contribution in [1.29, 1.82) is 0 Å². The molecule has 1 atom stereocenters. The Morgan fingerprint density at radius 1 is 1.29 bits per heavy atom. The van der Waals surface area contributed by atoms with Gasteiger partial charge in [-0.15, -0.1) is 0 Å². The molecule has 0 aliphatic carbocycles. The first kappa shape index (κ1) is 17.1. The maximum Gasteiger partial charge on any atom is 0.303 e. The number of carbonyl (C=O) groups is 2. The van der Waals surface area contributed by atoms with Gasteiger partial charge in [-0.3, -0.25) is 9.59 Å². The van der Waals surface area contributed by atoms with Gasteiger partial charge in [-0.1, -0.05) is 13.3 Å². The van der Waals surface area contributed by atoms with Gasteiger partial charge in [-0.05, 0) is 38.7 Å². The number of nitrogens with zero attached hydrogens (tertiary/aromatic N) is 2. The Morgan fingerprint density at radius 3 is 2.62 bits per heavy atom. The summed E-state index contributed by atoms with van der Waals surface area (Å²) in [4.78, 5) is 22.7. The number of aryl methyl sites for hydroxylation is 2. The average molecular weight is 293 g/mol. The molecule has 0 saturated heterocycles. The van der Waals surface area contributed by atoms with Gasteiger partial charge in [-0.2, -0.15) is 10.2 Å². The van der Waals surface area contributed by atoms with Crippen LogP contribution in [-0.2, 0) is 4.79 Å². The van der Waals surface area contributed by atoms with Crippen LogP contribution in [0.5, 0.6) is 0 Å². The second-order valence-corrected chi connectivity index (χ2v) is 5.24. The van der Waals surface area contributed by atoms with Crippen LogP contribution in [0.3, 0.4) is 0 Å². The lowest BCUT2D eigenvalue weighted by molar-refractivity contribution is -0.137. The highest BCUT2D eigenvalue weighted by atomic mass is 16.4. The molecule has 116 valence electrons. The fourth-order valence-corrected chi connectivity index (χ4v) is 2.15. The summed E-state index contributed by atoms with van der Waals surface area (Å²) in [5.41, 5.74) is 1.86. The van der Waals surface area contributed by atoms with Crippen molar-refractivity contribution < 1.29 is 14.7 Å². The Bertz CT molecular complexity index is 503. The van der Waals surface area contributed by atoms with Gasteiger partial charge in [0, 0.05) is 13.0 Å². The number of carboxylic acid groups (broad SMARTS) is 1. The normalized spacial score (nSPS) is 12.0. The molecule has 21 heavy (non-hydrogen) atoms. The van der Waals surface area contributed by atoms with E-state index in [1.165, 1.54) is 0 Å².